The fraction of sp³-hybridized carbons (Fsp3) is 0.591. The van der Waals surface area contributed by atoms with Gasteiger partial charge in [0.25, 0.3) is 33.9 Å². The molecule has 6 heterocycles. The summed E-state index contributed by atoms with van der Waals surface area (Å²) in [6, 6.07) is 18.1. The first-order valence-corrected chi connectivity index (χ1v) is 31.5. The second-order valence-electron chi connectivity index (χ2n) is 23.0. The molecule has 0 spiro atoms. The van der Waals surface area contributed by atoms with Crippen molar-refractivity contribution in [1.82, 2.24) is 10.6 Å². The Balaban J connectivity index is 0.000000643. The Morgan fingerprint density at radius 3 is 0.774 bits per heavy atom. The van der Waals surface area contributed by atoms with Crippen LogP contribution in [0.2, 0.25) is 0 Å². The summed E-state index contributed by atoms with van der Waals surface area (Å²) in [5.74, 6) is -6.50. The van der Waals surface area contributed by atoms with E-state index in [2.05, 4.69) is 43.8 Å². The number of rotatable bonds is 17. The van der Waals surface area contributed by atoms with Crippen LogP contribution in [0.1, 0.15) is 70.1 Å². The number of methoxy groups -OCH3 is 7. The number of aliphatic carboxylic acids is 2. The number of hydrogen-bond donors (Lipinski definition) is 8. The van der Waals surface area contributed by atoms with Crippen LogP contribution in [0.25, 0.3) is 0 Å². The van der Waals surface area contributed by atoms with Crippen LogP contribution >= 0.6 is 11.6 Å². The van der Waals surface area contributed by atoms with Gasteiger partial charge in [-0.05, 0) is 11.6 Å². The Hall–Kier alpha value is -7.77. The monoisotopic (exact) mass is 1560 g/mol. The van der Waals surface area contributed by atoms with Gasteiger partial charge in [-0.1, -0.05) is 106 Å². The molecule has 2 amide bonds. The minimum Gasteiger partial charge on any atom is -0.479 e. The highest BCUT2D eigenvalue weighted by molar-refractivity contribution is 6.65. The third kappa shape index (κ3) is 26.3. The Morgan fingerprint density at radius 2 is 0.594 bits per heavy atom. The molecule has 600 valence electrons. The molecule has 6 aliphatic rings. The van der Waals surface area contributed by atoms with Gasteiger partial charge < -0.3 is 105 Å². The van der Waals surface area contributed by atoms with Crippen LogP contribution in [0.15, 0.2) is 91.0 Å². The van der Waals surface area contributed by atoms with Gasteiger partial charge in [-0.2, -0.15) is 39.5 Å². The average Bonchev–Trinajstić information content (AvgIpc) is 1.02. The van der Waals surface area contributed by atoms with Crippen LogP contribution < -0.4 is 33.6 Å². The Morgan fingerprint density at radius 1 is 0.377 bits per heavy atom. The van der Waals surface area contributed by atoms with Crippen LogP contribution in [0, 0.1) is 0 Å². The number of halogens is 10. The quantitative estimate of drug-likeness (QED) is 0.0407. The smallest absolute Gasteiger partial charge is 0.430 e. The van der Waals surface area contributed by atoms with E-state index in [0.29, 0.717) is 52.1 Å². The molecular weight excluding hydrogens is 1470 g/mol. The summed E-state index contributed by atoms with van der Waals surface area (Å²) in [7, 11) is 7.47. The van der Waals surface area contributed by atoms with Gasteiger partial charge in [0.15, 0.2) is 36.6 Å². The molecule has 6 aliphatic heterocycles. The molecule has 15 atom stereocenters. The summed E-state index contributed by atoms with van der Waals surface area (Å²) < 4.78 is 183. The molecule has 106 heavy (non-hydrogen) atoms. The Bertz CT molecular complexity index is 3060. The molecule has 0 unspecified atom stereocenters. The average molecular weight is 1560 g/mol. The highest BCUT2D eigenvalue weighted by Crippen LogP contribution is 2.45. The predicted octanol–water partition coefficient (Wildman–Crippen LogP) is 4.13. The number of nitrogens with one attached hydrogen (secondary N) is 2. The van der Waals surface area contributed by atoms with E-state index in [1.807, 2.05) is 0 Å². The number of benzene rings is 3. The lowest BCUT2D eigenvalue weighted by molar-refractivity contribution is -0.266. The third-order valence-corrected chi connectivity index (χ3v) is 16.0. The predicted molar refractivity (Wildman–Crippen MR) is 353 cm³/mol. The molecule has 6 saturated heterocycles. The van der Waals surface area contributed by atoms with Gasteiger partial charge in [0.2, 0.25) is 0 Å². The van der Waals surface area contributed by atoms with Crippen molar-refractivity contribution >= 4 is 64.5 Å². The lowest BCUT2D eigenvalue weighted by atomic mass is 9.91. The van der Waals surface area contributed by atoms with Gasteiger partial charge >= 0.3 is 54.3 Å². The number of amides is 2. The maximum atomic E-state index is 13.8. The lowest BCUT2D eigenvalue weighted by Gasteiger charge is -2.34. The number of carboxylic acids is 2. The first-order valence-electron chi connectivity index (χ1n) is 31.1. The first-order chi connectivity index (χ1) is 48.7. The number of carboxylic acid groups (broad SMARTS) is 2. The molecule has 12 N–H and O–H groups in total. The molecule has 0 bridgehead atoms. The second kappa shape index (κ2) is 44.5. The minimum absolute atomic E-state index is 0. The molecule has 3 aromatic rings. The van der Waals surface area contributed by atoms with E-state index in [9.17, 15) is 82.7 Å². The number of carbonyl (C=O) groups excluding carboxylic acids is 7. The SMILES string of the molecule is C.C.COC(=O)[C@@H]1C[C@H](N)CO1.COC(=O)[C@@H]1C[C@H](NC(=O)[C@](OC)(c2ccccc2)C(F)(F)F)CO1.COC(=O)[C@H]1C[C@@H](N)CO1.COC(=O)[C@H]1C[C@@H](NC(=O)[C@](OC)(c2ccccc2)C(F)(F)F)CO1.CO[C@@](C(=O)Cl)(c1ccccc1)C(F)(F)F.N[C@@H]1CO[C@H](C(=O)O)C1.N[C@H]1CO[C@@H](C(=O)O)C1. The largest absolute Gasteiger partial charge is 0.479 e. The molecule has 0 saturated carbocycles. The molecule has 3 aromatic carbocycles. The maximum Gasteiger partial charge on any atom is 0.430 e. The van der Waals surface area contributed by atoms with Crippen LogP contribution in [0.4, 0.5) is 39.5 Å². The molecule has 0 aromatic heterocycles. The zero-order chi connectivity index (χ0) is 78.6. The summed E-state index contributed by atoms with van der Waals surface area (Å²) in [6.45, 7) is 1.46. The zero-order valence-corrected chi connectivity index (χ0v) is 57.8. The number of hydrogen-bond acceptors (Lipinski definition) is 26. The van der Waals surface area contributed by atoms with E-state index >= 15 is 0 Å². The second-order valence-corrected chi connectivity index (χ2v) is 23.4. The van der Waals surface area contributed by atoms with Gasteiger partial charge in [0.1, 0.15) is 0 Å². The summed E-state index contributed by atoms with van der Waals surface area (Å²) >= 11 is 5.04. The van der Waals surface area contributed by atoms with E-state index in [1.165, 1.54) is 107 Å². The van der Waals surface area contributed by atoms with Crippen LogP contribution in [-0.2, 0) is 122 Å². The van der Waals surface area contributed by atoms with Crippen molar-refractivity contribution < 1.29 is 154 Å². The molecule has 6 fully saturated rings. The normalized spacial score (nSPS) is 25.1. The number of alkyl halides is 9. The fourth-order valence-corrected chi connectivity index (χ4v) is 10.7. The van der Waals surface area contributed by atoms with E-state index < -0.39 is 125 Å². The summed E-state index contributed by atoms with van der Waals surface area (Å²) in [6.07, 6.45) is -16.9. The van der Waals surface area contributed by atoms with Crippen molar-refractivity contribution in [3.63, 3.8) is 0 Å². The summed E-state index contributed by atoms with van der Waals surface area (Å²) in [5.41, 5.74) is 11.3. The number of esters is 4. The van der Waals surface area contributed by atoms with E-state index in [-0.39, 0.29) is 93.7 Å². The van der Waals surface area contributed by atoms with E-state index in [0.717, 1.165) is 33.5 Å². The fourth-order valence-electron chi connectivity index (χ4n) is 10.4. The van der Waals surface area contributed by atoms with Crippen molar-refractivity contribution in [2.24, 2.45) is 22.9 Å². The third-order valence-electron chi connectivity index (χ3n) is 15.8. The molecular formula is C66H92ClF9N6O24. The van der Waals surface area contributed by atoms with Crippen LogP contribution in [0.3, 0.4) is 0 Å². The topological polar surface area (TPSA) is 442 Å². The molecule has 0 radical (unpaired) electrons. The van der Waals surface area contributed by atoms with Gasteiger partial charge in [-0.25, -0.2) is 28.8 Å². The molecule has 9 rings (SSSR count). The van der Waals surface area contributed by atoms with Gasteiger partial charge in [-0.3, -0.25) is 14.4 Å². The maximum absolute atomic E-state index is 13.8. The number of ether oxygens (including phenoxy) is 13. The first kappa shape index (κ1) is 96.2. The van der Waals surface area contributed by atoms with Crippen LogP contribution in [0.5, 0.6) is 0 Å². The lowest BCUT2D eigenvalue weighted by Crippen LogP contribution is -2.57. The Kier molecular flexibility index (Phi) is 40.4. The van der Waals surface area contributed by atoms with E-state index in [1.54, 1.807) is 0 Å². The molecule has 0 aliphatic carbocycles. The highest BCUT2D eigenvalue weighted by atomic mass is 35.5. The minimum atomic E-state index is -4.99. The summed E-state index contributed by atoms with van der Waals surface area (Å²) in [4.78, 5) is 101. The highest BCUT2D eigenvalue weighted by Gasteiger charge is 2.65. The van der Waals surface area contributed by atoms with Gasteiger partial charge in [-0.15, -0.1) is 0 Å². The number of nitrogens with two attached hydrogens (primary N) is 4. The van der Waals surface area contributed by atoms with Gasteiger partial charge in [0.05, 0.1) is 80.2 Å². The van der Waals surface area contributed by atoms with Crippen LogP contribution in [-0.4, -0.2) is 244 Å². The van der Waals surface area contributed by atoms with Crippen molar-refractivity contribution in [1.29, 1.82) is 0 Å². The van der Waals surface area contributed by atoms with E-state index in [4.69, 9.17) is 73.2 Å². The van der Waals surface area contributed by atoms with Crippen molar-refractivity contribution in [3.8, 4) is 0 Å². The van der Waals surface area contributed by atoms with Gasteiger partial charge in [0, 0.05) is 101 Å². The van der Waals surface area contributed by atoms with Crippen molar-refractivity contribution in [2.75, 3.05) is 89.4 Å². The number of carbonyl (C=O) groups is 9. The van der Waals surface area contributed by atoms with Crippen molar-refractivity contribution in [2.45, 2.75) is 162 Å². The molecule has 30 nitrogen and oxygen atoms in total. The molecule has 40 heteroatoms. The Labute approximate surface area is 609 Å². The summed E-state index contributed by atoms with van der Waals surface area (Å²) in [5, 5.41) is 19.6. The van der Waals surface area contributed by atoms with Crippen molar-refractivity contribution in [3.05, 3.63) is 108 Å². The zero-order valence-electron chi connectivity index (χ0n) is 57.0. The standard InChI is InChI=1S/2C16H18F3NO5.C10H8ClF3O2.2C6H11NO3.2C5H9NO3.2CH4/c2*1-23-13(21)12-8-11(9-25-12)20-14(22)15(24-2,16(17,18)19)10-6-4-3-5-7-10;1-16-9(8(11)15,10(12,13)14)7-5-3-2-4-6-7;2*1-9-6(8)5-2-4(7)3-10-5;2*6-3-1-4(5(7)8)9-2-3;;/h2*3-7,11-12H,8-9H2,1-2H3,(H,20,22);2-6H,1H3;2*4-5H,2-3,7H2,1H3;2*3-4H,1-2,6H2,(H,7,8);2*1H4/t11-,12-,15+;11-,12-,15-;9-;2*4-,5-;2*3-,4-;;/m0111010../s1.